The summed E-state index contributed by atoms with van der Waals surface area (Å²) in [7, 11) is -2.14. The number of thiazole rings is 1. The molecule has 0 radical (unpaired) electrons. The first kappa shape index (κ1) is 12.6. The summed E-state index contributed by atoms with van der Waals surface area (Å²) in [5.74, 6) is 0. The van der Waals surface area contributed by atoms with E-state index in [2.05, 4.69) is 35.9 Å². The Balaban J connectivity index is 2.20. The highest BCUT2D eigenvalue weighted by atomic mass is 79.9. The fraction of sp³-hybridized carbons (Fsp3) is 0.286. The quantitative estimate of drug-likeness (QED) is 0.877. The molecule has 2 rings (SSSR count). The summed E-state index contributed by atoms with van der Waals surface area (Å²) in [5, 5.41) is 9.71. The lowest BCUT2D eigenvalue weighted by molar-refractivity contribution is 0.560. The zero-order valence-corrected chi connectivity index (χ0v) is 11.9. The number of nitrogens with one attached hydrogen (secondary N) is 1. The Morgan fingerprint density at radius 3 is 2.88 bits per heavy atom. The minimum atomic E-state index is -3.65. The second-order valence-electron chi connectivity index (χ2n) is 3.06. The number of sulfonamides is 1. The van der Waals surface area contributed by atoms with Crippen LogP contribution in [-0.2, 0) is 23.6 Å². The third-order valence-corrected chi connectivity index (χ3v) is 4.96. The average Bonchev–Trinajstić information content (AvgIpc) is 2.86. The first-order chi connectivity index (χ1) is 8.00. The second kappa shape index (κ2) is 4.80. The molecule has 2 heterocycles. The van der Waals surface area contributed by atoms with Crippen LogP contribution in [0.2, 0.25) is 0 Å². The maximum absolute atomic E-state index is 12.0. The van der Waals surface area contributed by atoms with E-state index in [1.165, 1.54) is 23.1 Å². The van der Waals surface area contributed by atoms with Crippen molar-refractivity contribution in [2.45, 2.75) is 11.6 Å². The molecular weight excluding hydrogens is 330 g/mol. The van der Waals surface area contributed by atoms with Crippen molar-refractivity contribution < 1.29 is 8.42 Å². The van der Waals surface area contributed by atoms with Crippen molar-refractivity contribution >= 4 is 37.3 Å². The number of aromatic nitrogens is 4. The Kier molecular flexibility index (Phi) is 3.56. The molecule has 0 spiro atoms. The summed E-state index contributed by atoms with van der Waals surface area (Å²) in [6.45, 7) is 0.150. The lowest BCUT2D eigenvalue weighted by atomic mass is 10.7. The van der Waals surface area contributed by atoms with Crippen molar-refractivity contribution in [3.05, 3.63) is 21.2 Å². The number of nitrogens with zero attached hydrogens (tertiary/aromatic N) is 4. The molecule has 2 aromatic rings. The van der Waals surface area contributed by atoms with Crippen LogP contribution in [-0.4, -0.2) is 28.4 Å². The van der Waals surface area contributed by atoms with Crippen LogP contribution in [0.3, 0.4) is 0 Å². The highest BCUT2D eigenvalue weighted by molar-refractivity contribution is 9.10. The van der Waals surface area contributed by atoms with Crippen molar-refractivity contribution in [1.29, 1.82) is 0 Å². The molecule has 7 nitrogen and oxygen atoms in total. The number of halogens is 1. The minimum Gasteiger partial charge on any atom is -0.248 e. The second-order valence-corrected chi connectivity index (χ2v) is 6.47. The van der Waals surface area contributed by atoms with E-state index in [0.717, 1.165) is 0 Å². The van der Waals surface area contributed by atoms with Gasteiger partial charge in [0.15, 0.2) is 4.60 Å². The van der Waals surface area contributed by atoms with Gasteiger partial charge in [0, 0.05) is 18.6 Å². The Morgan fingerprint density at radius 2 is 2.35 bits per heavy atom. The Labute approximate surface area is 110 Å². The topological polar surface area (TPSA) is 89.8 Å². The summed E-state index contributed by atoms with van der Waals surface area (Å²) < 4.78 is 27.7. The van der Waals surface area contributed by atoms with Crippen LogP contribution in [0.1, 0.15) is 5.01 Å². The Hall–Kier alpha value is -0.840. The van der Waals surface area contributed by atoms with Crippen LogP contribution < -0.4 is 4.72 Å². The summed E-state index contributed by atoms with van der Waals surface area (Å²) >= 11 is 4.43. The maximum atomic E-state index is 12.0. The van der Waals surface area contributed by atoms with E-state index >= 15 is 0 Å². The van der Waals surface area contributed by atoms with E-state index in [0.29, 0.717) is 5.01 Å². The van der Waals surface area contributed by atoms with Gasteiger partial charge in [0.2, 0.25) is 5.03 Å². The molecule has 0 aliphatic rings. The molecule has 0 unspecified atom stereocenters. The molecule has 0 saturated heterocycles. The molecule has 2 aromatic heterocycles. The van der Waals surface area contributed by atoms with Gasteiger partial charge in [-0.3, -0.25) is 0 Å². The fourth-order valence-electron chi connectivity index (χ4n) is 1.17. The molecular formula is C7H8BrN5O2S2. The van der Waals surface area contributed by atoms with E-state index in [1.807, 2.05) is 0 Å². The molecule has 0 bridgehead atoms. The molecule has 0 aromatic carbocycles. The van der Waals surface area contributed by atoms with Gasteiger partial charge in [-0.25, -0.2) is 22.8 Å². The average molecular weight is 338 g/mol. The van der Waals surface area contributed by atoms with Crippen LogP contribution >= 0.6 is 27.3 Å². The monoisotopic (exact) mass is 337 g/mol. The molecule has 0 amide bonds. The van der Waals surface area contributed by atoms with Gasteiger partial charge < -0.3 is 0 Å². The standard InChI is InChI=1S/C7H8BrN5O2S2/c1-13-7(6(8)11-12-13)17(14,15)10-4-5-9-2-3-16-5/h2-3,10H,4H2,1H3. The van der Waals surface area contributed by atoms with Gasteiger partial charge in [-0.2, -0.15) is 0 Å². The van der Waals surface area contributed by atoms with Crippen LogP contribution in [0.15, 0.2) is 21.2 Å². The summed E-state index contributed by atoms with van der Waals surface area (Å²) in [5.41, 5.74) is 0. The molecule has 1 N–H and O–H groups in total. The largest absolute Gasteiger partial charge is 0.260 e. The van der Waals surface area contributed by atoms with E-state index in [1.54, 1.807) is 11.6 Å². The van der Waals surface area contributed by atoms with E-state index < -0.39 is 10.0 Å². The summed E-state index contributed by atoms with van der Waals surface area (Å²) in [6.07, 6.45) is 1.62. The van der Waals surface area contributed by atoms with Gasteiger partial charge >= 0.3 is 0 Å². The lowest BCUT2D eigenvalue weighted by Crippen LogP contribution is -2.25. The fourth-order valence-corrected chi connectivity index (χ4v) is 3.90. The molecule has 0 aliphatic heterocycles. The van der Waals surface area contributed by atoms with Crippen LogP contribution in [0.25, 0.3) is 0 Å². The van der Waals surface area contributed by atoms with Crippen LogP contribution in [0.5, 0.6) is 0 Å². The molecule has 17 heavy (non-hydrogen) atoms. The van der Waals surface area contributed by atoms with Crippen LogP contribution in [0, 0.1) is 0 Å². The van der Waals surface area contributed by atoms with Crippen molar-refractivity contribution in [2.75, 3.05) is 0 Å². The number of aryl methyl sites for hydroxylation is 1. The van der Waals surface area contributed by atoms with E-state index in [9.17, 15) is 8.42 Å². The molecule has 0 fully saturated rings. The normalized spacial score (nSPS) is 11.9. The van der Waals surface area contributed by atoms with Crippen LogP contribution in [0.4, 0.5) is 0 Å². The van der Waals surface area contributed by atoms with Gasteiger partial charge in [0.25, 0.3) is 10.0 Å². The highest BCUT2D eigenvalue weighted by Gasteiger charge is 2.23. The first-order valence-electron chi connectivity index (χ1n) is 4.44. The van der Waals surface area contributed by atoms with Crippen molar-refractivity contribution in [1.82, 2.24) is 24.7 Å². The molecule has 0 atom stereocenters. The smallest absolute Gasteiger partial charge is 0.248 e. The number of hydrogen-bond donors (Lipinski definition) is 1. The zero-order chi connectivity index (χ0) is 12.5. The predicted molar refractivity (Wildman–Crippen MR) is 64.8 cm³/mol. The Morgan fingerprint density at radius 1 is 1.59 bits per heavy atom. The van der Waals surface area contributed by atoms with Crippen molar-refractivity contribution in [3.63, 3.8) is 0 Å². The zero-order valence-electron chi connectivity index (χ0n) is 8.66. The number of hydrogen-bond acceptors (Lipinski definition) is 6. The molecule has 10 heteroatoms. The molecule has 92 valence electrons. The molecule has 0 aliphatic carbocycles. The van der Waals surface area contributed by atoms with Gasteiger partial charge in [0.1, 0.15) is 5.01 Å². The summed E-state index contributed by atoms with van der Waals surface area (Å²) in [4.78, 5) is 3.99. The van der Waals surface area contributed by atoms with Crippen molar-refractivity contribution in [3.8, 4) is 0 Å². The predicted octanol–water partition coefficient (Wildman–Crippen LogP) is 0.513. The van der Waals surface area contributed by atoms with Gasteiger partial charge in [-0.15, -0.1) is 16.4 Å². The Bertz CT molecular complexity index is 587. The number of rotatable bonds is 4. The lowest BCUT2D eigenvalue weighted by Gasteiger charge is -2.04. The molecule has 0 saturated carbocycles. The third-order valence-electron chi connectivity index (χ3n) is 1.89. The first-order valence-corrected chi connectivity index (χ1v) is 7.59. The van der Waals surface area contributed by atoms with Gasteiger partial charge in [-0.05, 0) is 15.9 Å². The summed E-state index contributed by atoms with van der Waals surface area (Å²) in [6, 6.07) is 0. The maximum Gasteiger partial charge on any atom is 0.260 e. The van der Waals surface area contributed by atoms with E-state index in [4.69, 9.17) is 0 Å². The van der Waals surface area contributed by atoms with Gasteiger partial charge in [0.05, 0.1) is 6.54 Å². The van der Waals surface area contributed by atoms with Crippen molar-refractivity contribution in [2.24, 2.45) is 7.05 Å². The minimum absolute atomic E-state index is 0.00550. The highest BCUT2D eigenvalue weighted by Crippen LogP contribution is 2.17. The SMILES string of the molecule is Cn1nnc(Br)c1S(=O)(=O)NCc1nccs1. The third kappa shape index (κ3) is 2.70. The van der Waals surface area contributed by atoms with E-state index in [-0.39, 0.29) is 16.2 Å². The van der Waals surface area contributed by atoms with Gasteiger partial charge in [-0.1, -0.05) is 5.21 Å².